The number of aromatic nitrogens is 3. The van der Waals surface area contributed by atoms with Gasteiger partial charge in [0.15, 0.2) is 11.6 Å². The highest BCUT2D eigenvalue weighted by Crippen LogP contribution is 2.27. The number of morpholine rings is 1. The fraction of sp³-hybridized carbons (Fsp3) is 0.385. The molecule has 0 aliphatic carbocycles. The molecule has 0 saturated carbocycles. The third-order valence-corrected chi connectivity index (χ3v) is 3.46. The zero-order valence-corrected chi connectivity index (χ0v) is 11.7. The van der Waals surface area contributed by atoms with E-state index in [0.29, 0.717) is 30.5 Å². The quantitative estimate of drug-likeness (QED) is 0.852. The maximum absolute atomic E-state index is 13.9. The largest absolute Gasteiger partial charge is 0.370 e. The Bertz CT molecular complexity index is 618. The first-order chi connectivity index (χ1) is 9.63. The molecule has 20 heavy (non-hydrogen) atoms. The van der Waals surface area contributed by atoms with Crippen molar-refractivity contribution in [1.29, 1.82) is 0 Å². The zero-order chi connectivity index (χ0) is 14.1. The maximum atomic E-state index is 13.9. The minimum atomic E-state index is -0.413. The molecular formula is C13H14ClFN4O. The van der Waals surface area contributed by atoms with Gasteiger partial charge in [-0.25, -0.2) is 9.37 Å². The predicted octanol–water partition coefficient (Wildman–Crippen LogP) is 2.19. The molecule has 3 heterocycles. The van der Waals surface area contributed by atoms with Crippen molar-refractivity contribution in [2.45, 2.75) is 6.10 Å². The molecule has 1 saturated heterocycles. The highest BCUT2D eigenvalue weighted by molar-refractivity contribution is 6.30. The van der Waals surface area contributed by atoms with Gasteiger partial charge in [-0.05, 0) is 6.07 Å². The van der Waals surface area contributed by atoms with E-state index < -0.39 is 5.82 Å². The molecule has 2 aromatic rings. The summed E-state index contributed by atoms with van der Waals surface area (Å²) in [7, 11) is 1.85. The van der Waals surface area contributed by atoms with Gasteiger partial charge in [-0.2, -0.15) is 5.10 Å². The Morgan fingerprint density at radius 3 is 3.00 bits per heavy atom. The Morgan fingerprint density at radius 1 is 1.45 bits per heavy atom. The lowest BCUT2D eigenvalue weighted by atomic mass is 10.1. The lowest BCUT2D eigenvalue weighted by Gasteiger charge is -2.33. The SMILES string of the molecule is Cn1cc(C2CN(c3ncc(Cl)cc3F)CCO2)cn1. The van der Waals surface area contributed by atoms with Gasteiger partial charge in [0.05, 0.1) is 24.4 Å². The van der Waals surface area contributed by atoms with Crippen LogP contribution in [0.15, 0.2) is 24.7 Å². The highest BCUT2D eigenvalue weighted by atomic mass is 35.5. The van der Waals surface area contributed by atoms with Crippen LogP contribution < -0.4 is 4.90 Å². The van der Waals surface area contributed by atoms with Gasteiger partial charge >= 0.3 is 0 Å². The third kappa shape index (κ3) is 2.62. The fourth-order valence-corrected chi connectivity index (χ4v) is 2.43. The van der Waals surface area contributed by atoms with Crippen molar-refractivity contribution in [3.8, 4) is 0 Å². The van der Waals surface area contributed by atoms with E-state index >= 15 is 0 Å². The van der Waals surface area contributed by atoms with Crippen LogP contribution in [-0.2, 0) is 11.8 Å². The van der Waals surface area contributed by atoms with Gasteiger partial charge in [0.1, 0.15) is 6.10 Å². The normalized spacial score (nSPS) is 19.4. The molecule has 0 amide bonds. The number of aryl methyl sites for hydroxylation is 1. The van der Waals surface area contributed by atoms with Gasteiger partial charge in [-0.1, -0.05) is 11.6 Å². The number of hydrogen-bond donors (Lipinski definition) is 0. The molecule has 106 valence electrons. The van der Waals surface area contributed by atoms with E-state index in [1.54, 1.807) is 10.9 Å². The summed E-state index contributed by atoms with van der Waals surface area (Å²) in [6.45, 7) is 1.66. The first-order valence-corrected chi connectivity index (χ1v) is 6.67. The zero-order valence-electron chi connectivity index (χ0n) is 11.0. The Hall–Kier alpha value is -1.66. The van der Waals surface area contributed by atoms with E-state index in [0.717, 1.165) is 5.56 Å². The maximum Gasteiger partial charge on any atom is 0.167 e. The molecule has 2 aromatic heterocycles. The van der Waals surface area contributed by atoms with Crippen LogP contribution in [0.3, 0.4) is 0 Å². The Balaban J connectivity index is 1.81. The lowest BCUT2D eigenvalue weighted by Crippen LogP contribution is -2.39. The number of pyridine rings is 1. The Labute approximate surface area is 120 Å². The van der Waals surface area contributed by atoms with Crippen molar-refractivity contribution in [1.82, 2.24) is 14.8 Å². The molecule has 0 radical (unpaired) electrons. The molecule has 1 aliphatic heterocycles. The minimum Gasteiger partial charge on any atom is -0.370 e. The van der Waals surface area contributed by atoms with Crippen molar-refractivity contribution >= 4 is 17.4 Å². The summed E-state index contributed by atoms with van der Waals surface area (Å²) in [5.41, 5.74) is 0.978. The van der Waals surface area contributed by atoms with Gasteiger partial charge in [0.25, 0.3) is 0 Å². The summed E-state index contributed by atoms with van der Waals surface area (Å²) in [4.78, 5) is 5.95. The molecule has 1 atom stereocenters. The van der Waals surface area contributed by atoms with Crippen LogP contribution in [0, 0.1) is 5.82 Å². The number of hydrogen-bond acceptors (Lipinski definition) is 4. The van der Waals surface area contributed by atoms with Gasteiger partial charge < -0.3 is 9.64 Å². The molecule has 0 spiro atoms. The average molecular weight is 297 g/mol. The molecular weight excluding hydrogens is 283 g/mol. The van der Waals surface area contributed by atoms with E-state index in [4.69, 9.17) is 16.3 Å². The van der Waals surface area contributed by atoms with Crippen LogP contribution in [0.25, 0.3) is 0 Å². The highest BCUT2D eigenvalue weighted by Gasteiger charge is 2.25. The van der Waals surface area contributed by atoms with Gasteiger partial charge in [0.2, 0.25) is 0 Å². The summed E-state index contributed by atoms with van der Waals surface area (Å²) in [5.74, 6) is -0.101. The summed E-state index contributed by atoms with van der Waals surface area (Å²) >= 11 is 5.73. The summed E-state index contributed by atoms with van der Waals surface area (Å²) in [6, 6.07) is 1.28. The van der Waals surface area contributed by atoms with E-state index in [1.807, 2.05) is 18.1 Å². The van der Waals surface area contributed by atoms with Crippen molar-refractivity contribution in [3.63, 3.8) is 0 Å². The van der Waals surface area contributed by atoms with E-state index in [-0.39, 0.29) is 6.10 Å². The topological polar surface area (TPSA) is 43.2 Å². The van der Waals surface area contributed by atoms with Gasteiger partial charge in [-0.15, -0.1) is 0 Å². The predicted molar refractivity (Wildman–Crippen MR) is 73.3 cm³/mol. The van der Waals surface area contributed by atoms with Crippen LogP contribution in [0.1, 0.15) is 11.7 Å². The smallest absolute Gasteiger partial charge is 0.167 e. The summed E-state index contributed by atoms with van der Waals surface area (Å²) in [6.07, 6.45) is 4.99. The summed E-state index contributed by atoms with van der Waals surface area (Å²) in [5, 5.41) is 4.42. The second-order valence-electron chi connectivity index (χ2n) is 4.71. The molecule has 3 rings (SSSR count). The molecule has 0 bridgehead atoms. The second-order valence-corrected chi connectivity index (χ2v) is 5.15. The first kappa shape index (κ1) is 13.3. The lowest BCUT2D eigenvalue weighted by molar-refractivity contribution is 0.0392. The number of nitrogens with zero attached hydrogens (tertiary/aromatic N) is 4. The van der Waals surface area contributed by atoms with E-state index in [9.17, 15) is 4.39 Å². The van der Waals surface area contributed by atoms with Gasteiger partial charge in [-0.3, -0.25) is 4.68 Å². The van der Waals surface area contributed by atoms with E-state index in [1.165, 1.54) is 12.3 Å². The van der Waals surface area contributed by atoms with Crippen LogP contribution in [-0.4, -0.2) is 34.5 Å². The minimum absolute atomic E-state index is 0.130. The molecule has 1 fully saturated rings. The number of halogens is 2. The molecule has 5 nitrogen and oxygen atoms in total. The third-order valence-electron chi connectivity index (χ3n) is 3.25. The van der Waals surface area contributed by atoms with Crippen LogP contribution in [0.5, 0.6) is 0 Å². The average Bonchev–Trinajstić information content (AvgIpc) is 2.86. The van der Waals surface area contributed by atoms with Crippen LogP contribution >= 0.6 is 11.6 Å². The monoisotopic (exact) mass is 296 g/mol. The van der Waals surface area contributed by atoms with Gasteiger partial charge in [0, 0.05) is 31.5 Å². The molecule has 1 unspecified atom stereocenters. The van der Waals surface area contributed by atoms with Crippen molar-refractivity contribution < 1.29 is 9.13 Å². The van der Waals surface area contributed by atoms with Crippen LogP contribution in [0.4, 0.5) is 10.2 Å². The fourth-order valence-electron chi connectivity index (χ4n) is 2.29. The second kappa shape index (κ2) is 5.38. The molecule has 0 N–H and O–H groups in total. The molecule has 1 aliphatic rings. The molecule has 7 heteroatoms. The summed E-state index contributed by atoms with van der Waals surface area (Å²) < 4.78 is 21.4. The van der Waals surface area contributed by atoms with Crippen molar-refractivity contribution in [2.24, 2.45) is 7.05 Å². The first-order valence-electron chi connectivity index (χ1n) is 6.29. The molecule has 0 aromatic carbocycles. The van der Waals surface area contributed by atoms with Crippen molar-refractivity contribution in [3.05, 3.63) is 41.1 Å². The Morgan fingerprint density at radius 2 is 2.30 bits per heavy atom. The van der Waals surface area contributed by atoms with Crippen LogP contribution in [0.2, 0.25) is 5.02 Å². The standard InChI is InChI=1S/C13H14ClFN4O/c1-18-7-9(5-17-18)12-8-19(2-3-20-12)13-11(15)4-10(14)6-16-13/h4-7,12H,2-3,8H2,1H3. The van der Waals surface area contributed by atoms with Crippen molar-refractivity contribution in [2.75, 3.05) is 24.6 Å². The van der Waals surface area contributed by atoms with E-state index in [2.05, 4.69) is 10.1 Å². The Kier molecular flexibility index (Phi) is 3.58. The number of ether oxygens (including phenoxy) is 1. The number of rotatable bonds is 2. The number of anilines is 1.